The summed E-state index contributed by atoms with van der Waals surface area (Å²) in [5.74, 6) is -0.0254. The highest BCUT2D eigenvalue weighted by atomic mass is 16.2. The Morgan fingerprint density at radius 3 is 2.63 bits per heavy atom. The van der Waals surface area contributed by atoms with Gasteiger partial charge >= 0.3 is 0 Å². The average Bonchev–Trinajstić information content (AvgIpc) is 2.35. The highest BCUT2D eigenvalue weighted by Crippen LogP contribution is 2.12. The lowest BCUT2D eigenvalue weighted by Crippen LogP contribution is -2.36. The molecule has 1 heterocycles. The number of carbonyl (C=O) groups excluding carboxylic acids is 1. The van der Waals surface area contributed by atoms with Crippen LogP contribution in [-0.4, -0.2) is 21.8 Å². The summed E-state index contributed by atoms with van der Waals surface area (Å²) in [6.45, 7) is 5.75. The van der Waals surface area contributed by atoms with Crippen molar-refractivity contribution in [1.82, 2.24) is 9.88 Å². The van der Waals surface area contributed by atoms with Crippen molar-refractivity contribution in [3.63, 3.8) is 0 Å². The van der Waals surface area contributed by atoms with Crippen molar-refractivity contribution in [2.24, 2.45) is 0 Å². The molecule has 1 N–H and O–H groups in total. The van der Waals surface area contributed by atoms with Crippen molar-refractivity contribution < 1.29 is 4.79 Å². The normalized spacial score (nSPS) is 10.9. The van der Waals surface area contributed by atoms with Gasteiger partial charge in [-0.2, -0.15) is 0 Å². The molecule has 0 bridgehead atoms. The first-order valence-electron chi connectivity index (χ1n) is 6.37. The van der Waals surface area contributed by atoms with Gasteiger partial charge in [0.2, 0.25) is 5.91 Å². The molecule has 0 atom stereocenters. The summed E-state index contributed by atoms with van der Waals surface area (Å²) in [5.41, 5.74) is 1.29. The van der Waals surface area contributed by atoms with E-state index >= 15 is 0 Å². The first-order valence-corrected chi connectivity index (χ1v) is 6.37. The number of hydrogen-bond acceptors (Lipinski definition) is 2. The van der Waals surface area contributed by atoms with Crippen LogP contribution in [0.2, 0.25) is 0 Å². The number of fused-ring (bicyclic) bond motifs is 1. The Labute approximate surface area is 112 Å². The minimum absolute atomic E-state index is 0.0254. The summed E-state index contributed by atoms with van der Waals surface area (Å²) in [6.07, 6.45) is 0. The molecular formula is C15H18N2O2. The van der Waals surface area contributed by atoms with E-state index in [0.717, 1.165) is 10.9 Å². The van der Waals surface area contributed by atoms with E-state index in [1.54, 1.807) is 4.90 Å². The van der Waals surface area contributed by atoms with E-state index in [1.807, 2.05) is 44.2 Å². The van der Waals surface area contributed by atoms with Gasteiger partial charge < -0.3 is 9.88 Å². The molecule has 2 aromatic rings. The average molecular weight is 258 g/mol. The molecule has 0 fully saturated rings. The molecule has 0 saturated carbocycles. The second-order valence-electron chi connectivity index (χ2n) is 4.95. The monoisotopic (exact) mass is 258 g/mol. The summed E-state index contributed by atoms with van der Waals surface area (Å²) in [6, 6.07) is 9.55. The van der Waals surface area contributed by atoms with Crippen LogP contribution in [0.1, 0.15) is 26.3 Å². The van der Waals surface area contributed by atoms with E-state index < -0.39 is 0 Å². The molecule has 4 nitrogen and oxygen atoms in total. The van der Waals surface area contributed by atoms with Crippen LogP contribution < -0.4 is 5.56 Å². The highest BCUT2D eigenvalue weighted by Gasteiger charge is 2.15. The molecule has 100 valence electrons. The molecule has 4 heteroatoms. The Bertz CT molecular complexity index is 658. The Balaban J connectivity index is 2.42. The second kappa shape index (κ2) is 5.26. The molecule has 0 aliphatic heterocycles. The summed E-state index contributed by atoms with van der Waals surface area (Å²) in [4.78, 5) is 28.1. The van der Waals surface area contributed by atoms with Crippen molar-refractivity contribution in [2.45, 2.75) is 33.4 Å². The van der Waals surface area contributed by atoms with Crippen LogP contribution in [0.15, 0.2) is 35.1 Å². The molecular weight excluding hydrogens is 240 g/mol. The van der Waals surface area contributed by atoms with Crippen LogP contribution in [0.5, 0.6) is 0 Å². The first kappa shape index (κ1) is 13.3. The smallest absolute Gasteiger partial charge is 0.253 e. The third kappa shape index (κ3) is 2.84. The Morgan fingerprint density at radius 2 is 2.00 bits per heavy atom. The topological polar surface area (TPSA) is 53.2 Å². The lowest BCUT2D eigenvalue weighted by molar-refractivity contribution is -0.131. The van der Waals surface area contributed by atoms with Crippen LogP contribution in [0.3, 0.4) is 0 Å². The Morgan fingerprint density at radius 1 is 1.32 bits per heavy atom. The first-order chi connectivity index (χ1) is 8.99. The van der Waals surface area contributed by atoms with E-state index in [9.17, 15) is 9.59 Å². The lowest BCUT2D eigenvalue weighted by Gasteiger charge is -2.25. The number of nitrogens with one attached hydrogen (secondary N) is 1. The van der Waals surface area contributed by atoms with E-state index in [0.29, 0.717) is 12.1 Å². The fraction of sp³-hybridized carbons (Fsp3) is 0.333. The standard InChI is InChI=1S/C15H18N2O2/c1-10(2)17(11(3)18)9-13-8-12-6-4-5-7-14(12)16-15(13)19/h4-8,10H,9H2,1-3H3,(H,16,19). The number of aromatic nitrogens is 1. The van der Waals surface area contributed by atoms with Crippen LogP contribution in [-0.2, 0) is 11.3 Å². The van der Waals surface area contributed by atoms with E-state index in [2.05, 4.69) is 4.98 Å². The molecule has 0 spiro atoms. The maximum absolute atomic E-state index is 12.0. The fourth-order valence-corrected chi connectivity index (χ4v) is 2.15. The zero-order chi connectivity index (χ0) is 14.0. The number of aromatic amines is 1. The number of H-pyrrole nitrogens is 1. The zero-order valence-corrected chi connectivity index (χ0v) is 11.4. The largest absolute Gasteiger partial charge is 0.336 e. The maximum atomic E-state index is 12.0. The highest BCUT2D eigenvalue weighted by molar-refractivity contribution is 5.79. The van der Waals surface area contributed by atoms with Crippen LogP contribution in [0, 0.1) is 0 Å². The van der Waals surface area contributed by atoms with Gasteiger partial charge in [-0.3, -0.25) is 9.59 Å². The number of hydrogen-bond donors (Lipinski definition) is 1. The van der Waals surface area contributed by atoms with Gasteiger partial charge in [-0.15, -0.1) is 0 Å². The van der Waals surface area contributed by atoms with Crippen molar-refractivity contribution >= 4 is 16.8 Å². The summed E-state index contributed by atoms with van der Waals surface area (Å²) < 4.78 is 0. The third-order valence-electron chi connectivity index (χ3n) is 3.20. The Kier molecular flexibility index (Phi) is 3.69. The zero-order valence-electron chi connectivity index (χ0n) is 11.4. The van der Waals surface area contributed by atoms with Gasteiger partial charge in [-0.1, -0.05) is 18.2 Å². The van der Waals surface area contributed by atoms with Crippen LogP contribution >= 0.6 is 0 Å². The molecule has 19 heavy (non-hydrogen) atoms. The molecule has 2 rings (SSSR count). The predicted molar refractivity (Wildman–Crippen MR) is 75.9 cm³/mol. The Hall–Kier alpha value is -2.10. The van der Waals surface area contributed by atoms with Gasteiger partial charge in [0.25, 0.3) is 5.56 Å². The van der Waals surface area contributed by atoms with Gasteiger partial charge in [-0.05, 0) is 31.4 Å². The number of pyridine rings is 1. The van der Waals surface area contributed by atoms with Crippen LogP contribution in [0.4, 0.5) is 0 Å². The van der Waals surface area contributed by atoms with Gasteiger partial charge in [0.15, 0.2) is 0 Å². The number of para-hydroxylation sites is 1. The van der Waals surface area contributed by atoms with Gasteiger partial charge in [-0.25, -0.2) is 0 Å². The maximum Gasteiger partial charge on any atom is 0.253 e. The SMILES string of the molecule is CC(=O)N(Cc1cc2ccccc2[nH]c1=O)C(C)C. The minimum atomic E-state index is -0.134. The molecule has 0 aliphatic carbocycles. The molecule has 0 radical (unpaired) electrons. The summed E-state index contributed by atoms with van der Waals surface area (Å²) in [5, 5.41) is 0.976. The number of carbonyl (C=O) groups is 1. The number of nitrogens with zero attached hydrogens (tertiary/aromatic N) is 1. The molecule has 1 amide bonds. The molecule has 0 unspecified atom stereocenters. The van der Waals surface area contributed by atoms with Gasteiger partial charge in [0.05, 0.1) is 6.54 Å². The van der Waals surface area contributed by atoms with Crippen molar-refractivity contribution in [1.29, 1.82) is 0 Å². The minimum Gasteiger partial charge on any atom is -0.336 e. The van der Waals surface area contributed by atoms with Gasteiger partial charge in [0, 0.05) is 24.0 Å². The van der Waals surface area contributed by atoms with Crippen molar-refractivity contribution in [3.05, 3.63) is 46.2 Å². The number of amides is 1. The lowest BCUT2D eigenvalue weighted by atomic mass is 10.1. The summed E-state index contributed by atoms with van der Waals surface area (Å²) >= 11 is 0. The van der Waals surface area contributed by atoms with Crippen molar-refractivity contribution in [3.8, 4) is 0 Å². The molecule has 1 aromatic carbocycles. The third-order valence-corrected chi connectivity index (χ3v) is 3.20. The van der Waals surface area contributed by atoms with Gasteiger partial charge in [0.1, 0.15) is 0 Å². The molecule has 1 aromatic heterocycles. The van der Waals surface area contributed by atoms with E-state index in [1.165, 1.54) is 6.92 Å². The number of rotatable bonds is 3. The quantitative estimate of drug-likeness (QED) is 0.918. The fourth-order valence-electron chi connectivity index (χ4n) is 2.15. The molecule has 0 saturated heterocycles. The molecule has 0 aliphatic rings. The summed E-state index contributed by atoms with van der Waals surface area (Å²) in [7, 11) is 0. The van der Waals surface area contributed by atoms with E-state index in [-0.39, 0.29) is 17.5 Å². The predicted octanol–water partition coefficient (Wildman–Crippen LogP) is 2.29. The number of benzene rings is 1. The van der Waals surface area contributed by atoms with Crippen LogP contribution in [0.25, 0.3) is 10.9 Å². The second-order valence-corrected chi connectivity index (χ2v) is 4.95. The van der Waals surface area contributed by atoms with E-state index in [4.69, 9.17) is 0 Å². The van der Waals surface area contributed by atoms with Crippen molar-refractivity contribution in [2.75, 3.05) is 0 Å².